The van der Waals surface area contributed by atoms with Crippen LogP contribution in [0.2, 0.25) is 0 Å². The predicted molar refractivity (Wildman–Crippen MR) is 258 cm³/mol. The third kappa shape index (κ3) is 7.09. The van der Waals surface area contributed by atoms with Crippen molar-refractivity contribution in [3.8, 4) is 45.5 Å². The molecule has 0 aliphatic heterocycles. The van der Waals surface area contributed by atoms with Crippen LogP contribution in [0.3, 0.4) is 0 Å². The molecule has 7 heteroatoms. The van der Waals surface area contributed by atoms with Crippen molar-refractivity contribution >= 4 is 43.7 Å². The second kappa shape index (κ2) is 15.2. The molecule has 0 aliphatic carbocycles. The van der Waals surface area contributed by atoms with Crippen molar-refractivity contribution in [1.82, 2.24) is 23.7 Å². The van der Waals surface area contributed by atoms with Crippen molar-refractivity contribution in [3.63, 3.8) is 0 Å². The van der Waals surface area contributed by atoms with Gasteiger partial charge in [-0.25, -0.2) is 9.97 Å². The van der Waals surface area contributed by atoms with Gasteiger partial charge in [0.25, 0.3) is 0 Å². The van der Waals surface area contributed by atoms with Crippen LogP contribution in [0.5, 0.6) is 5.75 Å². The van der Waals surface area contributed by atoms with Crippen LogP contribution in [0.25, 0.3) is 83.4 Å². The number of hydrogen-bond acceptors (Lipinski definition) is 3. The number of aromatic hydroxyl groups is 1. The number of phenols is 1. The summed E-state index contributed by atoms with van der Waals surface area (Å²) in [4.78, 5) is 10.5. The van der Waals surface area contributed by atoms with Crippen molar-refractivity contribution in [3.05, 3.63) is 169 Å². The summed E-state index contributed by atoms with van der Waals surface area (Å²) < 4.78 is 6.64. The first-order valence-corrected chi connectivity index (χ1v) is 21.6. The number of rotatable bonds is 5. The van der Waals surface area contributed by atoms with Gasteiger partial charge in [0.2, 0.25) is 0 Å². The van der Waals surface area contributed by atoms with Gasteiger partial charge in [-0.1, -0.05) is 152 Å². The molecule has 4 aromatic heterocycles. The van der Waals surface area contributed by atoms with Gasteiger partial charge in [-0.15, -0.1) is 17.5 Å². The summed E-state index contributed by atoms with van der Waals surface area (Å²) in [7, 11) is 0. The molecule has 0 unspecified atom stereocenters. The van der Waals surface area contributed by atoms with Crippen LogP contribution in [-0.4, -0.2) is 28.8 Å². The van der Waals surface area contributed by atoms with Crippen LogP contribution >= 0.6 is 0 Å². The summed E-state index contributed by atoms with van der Waals surface area (Å²) in [6, 6.07) is 51.0. The van der Waals surface area contributed by atoms with Gasteiger partial charge >= 0.3 is 0 Å². The number of phenolic OH excluding ortho intramolecular Hbond substituents is 1. The first kappa shape index (κ1) is 42.1. The molecule has 0 amide bonds. The van der Waals surface area contributed by atoms with Crippen LogP contribution in [0, 0.1) is 6.07 Å². The monoisotopic (exact) mass is 1010 g/mol. The Hall–Kier alpha value is -6.23. The fourth-order valence-corrected chi connectivity index (χ4v) is 9.01. The molecule has 0 bridgehead atoms. The average Bonchev–Trinajstić information content (AvgIpc) is 3.93. The summed E-state index contributed by atoms with van der Waals surface area (Å²) in [5.74, 6) is 1.62. The maximum atomic E-state index is 12.5. The molecule has 318 valence electrons. The van der Waals surface area contributed by atoms with Gasteiger partial charge in [-0.2, -0.15) is 6.07 Å². The first-order valence-electron chi connectivity index (χ1n) is 21.6. The van der Waals surface area contributed by atoms with Crippen LogP contribution in [0.4, 0.5) is 0 Å². The topological polar surface area (TPSA) is 60.8 Å². The minimum Gasteiger partial charge on any atom is -0.507 e. The maximum absolute atomic E-state index is 12.5. The third-order valence-electron chi connectivity index (χ3n) is 12.4. The molecule has 0 fully saturated rings. The van der Waals surface area contributed by atoms with Gasteiger partial charge in [0, 0.05) is 54.7 Å². The van der Waals surface area contributed by atoms with E-state index >= 15 is 0 Å². The molecule has 0 aliphatic rings. The summed E-state index contributed by atoms with van der Waals surface area (Å²) in [5, 5.41) is 16.9. The molecule has 1 N–H and O–H groups in total. The van der Waals surface area contributed by atoms with E-state index in [1.807, 2.05) is 12.3 Å². The Kier molecular flexibility index (Phi) is 10.2. The molecule has 6 nitrogen and oxygen atoms in total. The number of aromatic nitrogens is 5. The summed E-state index contributed by atoms with van der Waals surface area (Å²) in [6.45, 7) is 19.9. The zero-order valence-electron chi connectivity index (χ0n) is 37.4. The molecule has 10 aromatic rings. The van der Waals surface area contributed by atoms with E-state index in [1.54, 1.807) is 0 Å². The fourth-order valence-electron chi connectivity index (χ4n) is 9.01. The maximum Gasteiger partial charge on any atom is 0.155 e. The molecular weight excluding hydrogens is 954 g/mol. The smallest absolute Gasteiger partial charge is 0.155 e. The van der Waals surface area contributed by atoms with Gasteiger partial charge in [-0.05, 0) is 80.8 Å². The van der Waals surface area contributed by atoms with Crippen molar-refractivity contribution in [2.45, 2.75) is 78.6 Å². The van der Waals surface area contributed by atoms with Crippen molar-refractivity contribution < 1.29 is 26.2 Å². The third-order valence-corrected chi connectivity index (χ3v) is 12.4. The molecule has 0 spiro atoms. The Labute approximate surface area is 384 Å². The van der Waals surface area contributed by atoms with Gasteiger partial charge in [-0.3, -0.25) is 4.57 Å². The number of fused-ring (bicyclic) bond motifs is 6. The van der Waals surface area contributed by atoms with Crippen molar-refractivity contribution in [2.75, 3.05) is 0 Å². The largest absolute Gasteiger partial charge is 0.507 e. The van der Waals surface area contributed by atoms with Crippen LogP contribution in [-0.2, 0) is 37.3 Å². The Morgan fingerprint density at radius 2 is 1.17 bits per heavy atom. The zero-order chi connectivity index (χ0) is 43.3. The second-order valence-electron chi connectivity index (χ2n) is 19.7. The van der Waals surface area contributed by atoms with E-state index in [-0.39, 0.29) is 43.1 Å². The Morgan fingerprint density at radius 3 is 1.86 bits per heavy atom. The average molecular weight is 1010 g/mol. The molecule has 0 atom stereocenters. The number of pyridine rings is 1. The number of nitrogens with zero attached hydrogens (tertiary/aromatic N) is 5. The summed E-state index contributed by atoms with van der Waals surface area (Å²) in [5.41, 5.74) is 11.3. The SMILES string of the molecule is CC(C)(C)c1ccc(-n2cc(-n3c4[c-]c(-n5c6ccccc6c6cccnc65)ccc4c4ccccc43)nc2-c2cc(C(C)(C)C)cc(C(C)(C)C)c2O)c(-c2ccccc2)c1.[Pt]. The van der Waals surface area contributed by atoms with Gasteiger partial charge in [0.1, 0.15) is 11.4 Å². The molecule has 63 heavy (non-hydrogen) atoms. The van der Waals surface area contributed by atoms with Gasteiger partial charge in [0.05, 0.1) is 23.0 Å². The van der Waals surface area contributed by atoms with E-state index in [1.165, 1.54) is 5.56 Å². The Morgan fingerprint density at radius 1 is 0.556 bits per heavy atom. The van der Waals surface area contributed by atoms with Gasteiger partial charge in [0.15, 0.2) is 11.6 Å². The quantitative estimate of drug-likeness (QED) is 0.175. The molecule has 0 radical (unpaired) electrons. The van der Waals surface area contributed by atoms with Crippen molar-refractivity contribution in [2.24, 2.45) is 0 Å². The van der Waals surface area contributed by atoms with Crippen LogP contribution < -0.4 is 0 Å². The number of hydrogen-bond donors (Lipinski definition) is 1. The molecule has 10 rings (SSSR count). The number of imidazole rings is 1. The van der Waals surface area contributed by atoms with E-state index in [4.69, 9.17) is 9.97 Å². The molecule has 0 saturated heterocycles. The van der Waals surface area contributed by atoms with Crippen LogP contribution in [0.15, 0.2) is 146 Å². The van der Waals surface area contributed by atoms with E-state index < -0.39 is 0 Å². The fraction of sp³-hybridized carbons (Fsp3) is 0.214. The summed E-state index contributed by atoms with van der Waals surface area (Å²) >= 11 is 0. The standard InChI is InChI=1S/C56H52N5O.Pt/c1-54(2,3)36-25-28-46(43(30-36)35-18-11-10-12-19-35)59-34-50(58-53(59)44-31-37(55(4,5)6)32-45(51(44)62)56(7,8)9)61-48-24-16-13-20-39(48)41-27-26-38(33-49(41)61)60-47-23-15-14-21-40(47)42-22-17-29-57-52(42)60;/h10-32,34,62H,1-9H3;/q-1;. The number of para-hydroxylation sites is 2. The summed E-state index contributed by atoms with van der Waals surface area (Å²) in [6.07, 6.45) is 4.00. The molecular formula is C56H52N5OPt-. The van der Waals surface area contributed by atoms with Gasteiger partial charge < -0.3 is 14.2 Å². The first-order chi connectivity index (χ1) is 29.6. The van der Waals surface area contributed by atoms with E-state index in [0.29, 0.717) is 11.4 Å². The minimum atomic E-state index is -0.330. The van der Waals surface area contributed by atoms with Crippen molar-refractivity contribution in [1.29, 1.82) is 0 Å². The normalized spacial score (nSPS) is 12.5. The van der Waals surface area contributed by atoms with Crippen LogP contribution in [0.1, 0.15) is 79.0 Å². The zero-order valence-corrected chi connectivity index (χ0v) is 39.6. The molecule has 4 heterocycles. The minimum absolute atomic E-state index is 0. The van der Waals surface area contributed by atoms with E-state index in [9.17, 15) is 5.11 Å². The predicted octanol–water partition coefficient (Wildman–Crippen LogP) is 14.2. The second-order valence-corrected chi connectivity index (χ2v) is 19.7. The molecule has 0 saturated carbocycles. The Balaban J connectivity index is 0.00000504. The van der Waals surface area contributed by atoms with E-state index in [2.05, 4.69) is 216 Å². The number of benzene rings is 6. The Bertz CT molecular complexity index is 3310. The van der Waals surface area contributed by atoms with E-state index in [0.717, 1.165) is 83.2 Å². The molecule has 6 aromatic carbocycles.